The quantitative estimate of drug-likeness (QED) is 0.629. The van der Waals surface area contributed by atoms with Gasteiger partial charge < -0.3 is 15.2 Å². The molecule has 7 heteroatoms. The van der Waals surface area contributed by atoms with Crippen LogP contribution in [-0.2, 0) is 13.2 Å². The van der Waals surface area contributed by atoms with Crippen LogP contribution in [0.2, 0.25) is 5.02 Å². The van der Waals surface area contributed by atoms with Gasteiger partial charge in [-0.3, -0.25) is 10.1 Å². The van der Waals surface area contributed by atoms with Crippen LogP contribution in [0.5, 0.6) is 5.75 Å². The van der Waals surface area contributed by atoms with Crippen molar-refractivity contribution in [2.45, 2.75) is 13.2 Å². The smallest absolute Gasteiger partial charge is 0.310 e. The fraction of sp³-hybridized carbons (Fsp3) is 0.200. The number of nitro groups is 1. The molecule has 2 N–H and O–H groups in total. The lowest BCUT2D eigenvalue weighted by Gasteiger charge is -2.11. The van der Waals surface area contributed by atoms with Gasteiger partial charge in [0.15, 0.2) is 5.75 Å². The number of nitrogens with zero attached hydrogens (tertiary/aromatic N) is 1. The van der Waals surface area contributed by atoms with Crippen LogP contribution in [0.15, 0.2) is 36.4 Å². The average Bonchev–Trinajstić information content (AvgIpc) is 2.53. The average molecular weight is 323 g/mol. The Labute approximate surface area is 132 Å². The van der Waals surface area contributed by atoms with Gasteiger partial charge in [0.2, 0.25) is 0 Å². The highest BCUT2D eigenvalue weighted by Crippen LogP contribution is 2.28. The summed E-state index contributed by atoms with van der Waals surface area (Å²) in [7, 11) is 1.39. The van der Waals surface area contributed by atoms with E-state index in [0.717, 1.165) is 11.1 Å². The predicted octanol–water partition coefficient (Wildman–Crippen LogP) is 3.36. The van der Waals surface area contributed by atoms with E-state index in [-0.39, 0.29) is 18.0 Å². The zero-order valence-electron chi connectivity index (χ0n) is 11.9. The summed E-state index contributed by atoms with van der Waals surface area (Å²) in [5.74, 6) is 0.208. The van der Waals surface area contributed by atoms with Crippen molar-refractivity contribution in [1.82, 2.24) is 0 Å². The van der Waals surface area contributed by atoms with Gasteiger partial charge in [0.25, 0.3) is 0 Å². The Morgan fingerprint density at radius 1 is 1.27 bits per heavy atom. The van der Waals surface area contributed by atoms with Crippen LogP contribution < -0.4 is 10.1 Å². The number of hydrogen-bond acceptors (Lipinski definition) is 5. The van der Waals surface area contributed by atoms with E-state index in [0.29, 0.717) is 17.3 Å². The molecule has 2 aromatic carbocycles. The van der Waals surface area contributed by atoms with Gasteiger partial charge in [0.1, 0.15) is 0 Å². The number of halogens is 1. The van der Waals surface area contributed by atoms with E-state index in [1.54, 1.807) is 30.3 Å². The molecule has 6 nitrogen and oxygen atoms in total. The maximum absolute atomic E-state index is 10.9. The molecule has 0 aromatic heterocycles. The first-order valence-electron chi connectivity index (χ1n) is 6.49. The third kappa shape index (κ3) is 3.66. The number of benzene rings is 2. The highest BCUT2D eigenvalue weighted by Gasteiger charge is 2.14. The summed E-state index contributed by atoms with van der Waals surface area (Å²) in [5, 5.41) is 23.7. The van der Waals surface area contributed by atoms with Crippen LogP contribution in [0.25, 0.3) is 0 Å². The number of hydrogen-bond donors (Lipinski definition) is 2. The maximum Gasteiger partial charge on any atom is 0.310 e. The fourth-order valence-corrected chi connectivity index (χ4v) is 2.17. The van der Waals surface area contributed by atoms with E-state index >= 15 is 0 Å². The molecule has 0 saturated heterocycles. The molecular weight excluding hydrogens is 308 g/mol. The van der Waals surface area contributed by atoms with Crippen molar-refractivity contribution in [1.29, 1.82) is 0 Å². The van der Waals surface area contributed by atoms with E-state index in [1.807, 2.05) is 0 Å². The fourth-order valence-electron chi connectivity index (χ4n) is 1.99. The van der Waals surface area contributed by atoms with Crippen LogP contribution in [-0.4, -0.2) is 17.1 Å². The summed E-state index contributed by atoms with van der Waals surface area (Å²) in [5.41, 5.74) is 2.16. The van der Waals surface area contributed by atoms with Gasteiger partial charge in [-0.2, -0.15) is 0 Å². The number of anilines is 1. The van der Waals surface area contributed by atoms with Crippen LogP contribution in [0.1, 0.15) is 11.1 Å². The Morgan fingerprint density at radius 3 is 2.64 bits per heavy atom. The molecule has 0 aliphatic heterocycles. The number of nitrogens with one attached hydrogen (secondary N) is 1. The monoisotopic (exact) mass is 322 g/mol. The molecule has 0 heterocycles. The molecule has 0 radical (unpaired) electrons. The van der Waals surface area contributed by atoms with Gasteiger partial charge in [-0.1, -0.05) is 23.7 Å². The summed E-state index contributed by atoms with van der Waals surface area (Å²) in [6, 6.07) is 9.85. The Kier molecular flexibility index (Phi) is 5.19. The third-order valence-corrected chi connectivity index (χ3v) is 3.47. The van der Waals surface area contributed by atoms with Crippen molar-refractivity contribution in [2.24, 2.45) is 0 Å². The van der Waals surface area contributed by atoms with Crippen LogP contribution >= 0.6 is 11.6 Å². The lowest BCUT2D eigenvalue weighted by molar-refractivity contribution is -0.385. The minimum atomic E-state index is -0.488. The Balaban J connectivity index is 2.16. The van der Waals surface area contributed by atoms with Crippen molar-refractivity contribution in [2.75, 3.05) is 12.4 Å². The van der Waals surface area contributed by atoms with Crippen LogP contribution in [0.3, 0.4) is 0 Å². The Morgan fingerprint density at radius 2 is 2.00 bits per heavy atom. The molecule has 0 unspecified atom stereocenters. The minimum Gasteiger partial charge on any atom is -0.490 e. The second-order valence-electron chi connectivity index (χ2n) is 4.59. The number of aliphatic hydroxyl groups excluding tert-OH is 1. The van der Waals surface area contributed by atoms with Crippen LogP contribution in [0.4, 0.5) is 11.4 Å². The van der Waals surface area contributed by atoms with Crippen molar-refractivity contribution in [3.8, 4) is 5.75 Å². The molecule has 0 aliphatic rings. The van der Waals surface area contributed by atoms with Crippen LogP contribution in [0, 0.1) is 10.1 Å². The number of ether oxygens (including phenoxy) is 1. The molecule has 0 amide bonds. The van der Waals surface area contributed by atoms with Crippen molar-refractivity contribution >= 4 is 23.0 Å². The molecule has 0 fully saturated rings. The van der Waals surface area contributed by atoms with E-state index in [1.165, 1.54) is 13.2 Å². The first kappa shape index (κ1) is 16.1. The Bertz CT molecular complexity index is 691. The maximum atomic E-state index is 10.9. The second-order valence-corrected chi connectivity index (χ2v) is 5.00. The molecule has 116 valence electrons. The van der Waals surface area contributed by atoms with Gasteiger partial charge >= 0.3 is 5.69 Å². The molecule has 0 spiro atoms. The highest BCUT2D eigenvalue weighted by atomic mass is 35.5. The van der Waals surface area contributed by atoms with Crippen molar-refractivity contribution < 1.29 is 14.8 Å². The summed E-state index contributed by atoms with van der Waals surface area (Å²) in [6.07, 6.45) is 0. The zero-order chi connectivity index (χ0) is 16.1. The largest absolute Gasteiger partial charge is 0.490 e. The summed E-state index contributed by atoms with van der Waals surface area (Å²) >= 11 is 6.09. The van der Waals surface area contributed by atoms with E-state index < -0.39 is 4.92 Å². The van der Waals surface area contributed by atoms with Gasteiger partial charge in [-0.05, 0) is 29.3 Å². The SMILES string of the molecule is COc1cc(CNc2cc(CO)ccc2Cl)ccc1[N+](=O)[O-]. The van der Waals surface area contributed by atoms with E-state index in [9.17, 15) is 10.1 Å². The molecule has 2 aromatic rings. The number of methoxy groups -OCH3 is 1. The topological polar surface area (TPSA) is 84.6 Å². The minimum absolute atomic E-state index is 0.0722. The lowest BCUT2D eigenvalue weighted by atomic mass is 10.1. The van der Waals surface area contributed by atoms with Crippen molar-refractivity contribution in [3.05, 3.63) is 62.7 Å². The standard InChI is InChI=1S/C15H15ClN2O4/c1-22-15-7-10(3-5-14(15)18(20)21)8-17-13-6-11(9-19)2-4-12(13)16/h2-7,17,19H,8-9H2,1H3. The molecule has 22 heavy (non-hydrogen) atoms. The first-order valence-corrected chi connectivity index (χ1v) is 6.87. The van der Waals surface area contributed by atoms with Gasteiger partial charge in [0.05, 0.1) is 29.4 Å². The second kappa shape index (κ2) is 7.11. The summed E-state index contributed by atoms with van der Waals surface area (Å²) < 4.78 is 5.03. The molecule has 2 rings (SSSR count). The van der Waals surface area contributed by atoms with Crippen molar-refractivity contribution in [3.63, 3.8) is 0 Å². The number of aliphatic hydroxyl groups is 1. The van der Waals surface area contributed by atoms with Gasteiger partial charge in [0, 0.05) is 12.6 Å². The predicted molar refractivity (Wildman–Crippen MR) is 84.3 cm³/mol. The molecule has 0 atom stereocenters. The molecule has 0 bridgehead atoms. The number of nitro benzene ring substituents is 1. The van der Waals surface area contributed by atoms with Gasteiger partial charge in [-0.25, -0.2) is 0 Å². The normalized spacial score (nSPS) is 10.3. The molecule has 0 saturated carbocycles. The molecular formula is C15H15ClN2O4. The Hall–Kier alpha value is -2.31. The van der Waals surface area contributed by atoms with E-state index in [4.69, 9.17) is 21.4 Å². The lowest BCUT2D eigenvalue weighted by Crippen LogP contribution is -2.02. The van der Waals surface area contributed by atoms with Gasteiger partial charge in [-0.15, -0.1) is 0 Å². The third-order valence-electron chi connectivity index (χ3n) is 3.14. The zero-order valence-corrected chi connectivity index (χ0v) is 12.6. The summed E-state index contributed by atoms with van der Waals surface area (Å²) in [6.45, 7) is 0.347. The van der Waals surface area contributed by atoms with E-state index in [2.05, 4.69) is 5.32 Å². The molecule has 0 aliphatic carbocycles. The first-order chi connectivity index (χ1) is 10.5. The summed E-state index contributed by atoms with van der Waals surface area (Å²) in [4.78, 5) is 10.4. The highest BCUT2D eigenvalue weighted by molar-refractivity contribution is 6.33. The number of rotatable bonds is 6.